The summed E-state index contributed by atoms with van der Waals surface area (Å²) in [7, 11) is 0. The van der Waals surface area contributed by atoms with Crippen LogP contribution in [0.3, 0.4) is 0 Å². The van der Waals surface area contributed by atoms with Gasteiger partial charge in [0, 0.05) is 18.7 Å². The van der Waals surface area contributed by atoms with E-state index in [1.807, 2.05) is 17.0 Å². The molecule has 5 nitrogen and oxygen atoms in total. The molecule has 0 bridgehead atoms. The van der Waals surface area contributed by atoms with Crippen LogP contribution in [0.2, 0.25) is 0 Å². The van der Waals surface area contributed by atoms with Gasteiger partial charge < -0.3 is 15.1 Å². The van der Waals surface area contributed by atoms with Crippen molar-refractivity contribution in [2.75, 3.05) is 19.6 Å². The zero-order chi connectivity index (χ0) is 19.7. The third-order valence-corrected chi connectivity index (χ3v) is 5.37. The van der Waals surface area contributed by atoms with E-state index < -0.39 is 0 Å². The van der Waals surface area contributed by atoms with Crippen molar-refractivity contribution in [2.24, 2.45) is 11.1 Å². The van der Waals surface area contributed by atoms with Crippen LogP contribution in [-0.2, 0) is 0 Å². The Labute approximate surface area is 163 Å². The van der Waals surface area contributed by atoms with Gasteiger partial charge in [-0.3, -0.25) is 4.79 Å². The highest BCUT2D eigenvalue weighted by atomic mass is 19.1. The van der Waals surface area contributed by atoms with Crippen LogP contribution in [0.25, 0.3) is 22.8 Å². The van der Waals surface area contributed by atoms with Crippen molar-refractivity contribution in [1.82, 2.24) is 9.88 Å². The van der Waals surface area contributed by atoms with Gasteiger partial charge in [-0.2, -0.15) is 0 Å². The van der Waals surface area contributed by atoms with E-state index >= 15 is 0 Å². The van der Waals surface area contributed by atoms with Crippen molar-refractivity contribution < 1.29 is 13.6 Å². The molecule has 3 aromatic rings. The van der Waals surface area contributed by atoms with E-state index in [1.165, 1.54) is 12.3 Å². The van der Waals surface area contributed by atoms with Gasteiger partial charge in [0.2, 0.25) is 5.89 Å². The van der Waals surface area contributed by atoms with Gasteiger partial charge in [0.25, 0.3) is 5.91 Å². The highest BCUT2D eigenvalue weighted by molar-refractivity contribution is 6.00. The Bertz CT molecular complexity index is 1020. The van der Waals surface area contributed by atoms with Crippen LogP contribution in [0.15, 0.2) is 59.1 Å². The van der Waals surface area contributed by atoms with Gasteiger partial charge >= 0.3 is 0 Å². The zero-order valence-corrected chi connectivity index (χ0v) is 15.7. The van der Waals surface area contributed by atoms with Gasteiger partial charge in [-0.05, 0) is 42.6 Å². The van der Waals surface area contributed by atoms with Gasteiger partial charge in [-0.25, -0.2) is 9.37 Å². The molecule has 2 heterocycles. The number of hydrogen-bond donors (Lipinski definition) is 1. The second-order valence-corrected chi connectivity index (χ2v) is 7.55. The van der Waals surface area contributed by atoms with Crippen molar-refractivity contribution in [3.8, 4) is 22.8 Å². The number of hydrogen-bond acceptors (Lipinski definition) is 4. The van der Waals surface area contributed by atoms with Crippen molar-refractivity contribution >= 4 is 5.91 Å². The Morgan fingerprint density at radius 3 is 2.64 bits per heavy atom. The Morgan fingerprint density at radius 2 is 1.93 bits per heavy atom. The minimum absolute atomic E-state index is 0.0501. The summed E-state index contributed by atoms with van der Waals surface area (Å²) < 4.78 is 19.9. The molecule has 1 unspecified atom stereocenters. The number of aromatic nitrogens is 1. The third-order valence-electron chi connectivity index (χ3n) is 5.37. The number of carbonyl (C=O) groups excluding carboxylic acids is 1. The normalized spacial score (nSPS) is 19.2. The SMILES string of the molecule is CC1(CN)CCN(C(=O)c2ccccc2-c2ncc(-c3ccccc3F)o2)C1. The van der Waals surface area contributed by atoms with Crippen LogP contribution in [0.1, 0.15) is 23.7 Å². The molecular weight excluding hydrogens is 357 g/mol. The van der Waals surface area contributed by atoms with E-state index in [4.69, 9.17) is 10.2 Å². The predicted molar refractivity (Wildman–Crippen MR) is 105 cm³/mol. The predicted octanol–water partition coefficient (Wildman–Crippen LogP) is 3.96. The number of likely N-dealkylation sites (tertiary alicyclic amines) is 1. The number of nitrogens with zero attached hydrogens (tertiary/aromatic N) is 2. The van der Waals surface area contributed by atoms with E-state index in [0.717, 1.165) is 6.42 Å². The van der Waals surface area contributed by atoms with Crippen LogP contribution in [0.4, 0.5) is 4.39 Å². The van der Waals surface area contributed by atoms with Crippen molar-refractivity contribution in [3.05, 3.63) is 66.1 Å². The van der Waals surface area contributed by atoms with E-state index in [-0.39, 0.29) is 17.1 Å². The van der Waals surface area contributed by atoms with Crippen LogP contribution in [0.5, 0.6) is 0 Å². The quantitative estimate of drug-likeness (QED) is 0.745. The maximum Gasteiger partial charge on any atom is 0.254 e. The van der Waals surface area contributed by atoms with Crippen LogP contribution >= 0.6 is 0 Å². The standard InChI is InChI=1S/C22H22FN3O2/c1-22(13-24)10-11-26(14-22)21(27)16-7-3-2-6-15(16)20-25-12-19(28-20)17-8-4-5-9-18(17)23/h2-9,12H,10-11,13-14,24H2,1H3. The largest absolute Gasteiger partial charge is 0.436 e. The molecule has 0 spiro atoms. The smallest absolute Gasteiger partial charge is 0.254 e. The fraction of sp³-hybridized carbons (Fsp3) is 0.273. The lowest BCUT2D eigenvalue weighted by Gasteiger charge is -2.23. The molecule has 0 radical (unpaired) electrons. The number of rotatable bonds is 4. The number of carbonyl (C=O) groups is 1. The summed E-state index contributed by atoms with van der Waals surface area (Å²) in [5.41, 5.74) is 7.27. The summed E-state index contributed by atoms with van der Waals surface area (Å²) >= 11 is 0. The van der Waals surface area contributed by atoms with Gasteiger partial charge in [0.15, 0.2) is 5.76 Å². The van der Waals surface area contributed by atoms with Crippen molar-refractivity contribution in [1.29, 1.82) is 0 Å². The minimum atomic E-state index is -0.382. The van der Waals surface area contributed by atoms with Crippen LogP contribution in [0, 0.1) is 11.2 Å². The highest BCUT2D eigenvalue weighted by Gasteiger charge is 2.36. The van der Waals surface area contributed by atoms with E-state index in [0.29, 0.717) is 48.0 Å². The van der Waals surface area contributed by atoms with Crippen LogP contribution in [-0.4, -0.2) is 35.4 Å². The Morgan fingerprint density at radius 1 is 1.21 bits per heavy atom. The molecule has 1 fully saturated rings. The average molecular weight is 379 g/mol. The Hall–Kier alpha value is -2.99. The van der Waals surface area contributed by atoms with Crippen molar-refractivity contribution in [2.45, 2.75) is 13.3 Å². The molecule has 144 valence electrons. The summed E-state index contributed by atoms with van der Waals surface area (Å²) in [6, 6.07) is 13.6. The monoisotopic (exact) mass is 379 g/mol. The molecule has 0 aliphatic carbocycles. The first-order valence-corrected chi connectivity index (χ1v) is 9.30. The fourth-order valence-electron chi connectivity index (χ4n) is 3.57. The molecule has 1 amide bonds. The second kappa shape index (κ2) is 7.20. The van der Waals surface area contributed by atoms with E-state index in [1.54, 1.807) is 30.3 Å². The first-order chi connectivity index (χ1) is 13.5. The van der Waals surface area contributed by atoms with Crippen molar-refractivity contribution in [3.63, 3.8) is 0 Å². The number of benzene rings is 2. The van der Waals surface area contributed by atoms with Gasteiger partial charge in [0.1, 0.15) is 5.82 Å². The molecule has 4 rings (SSSR count). The molecular formula is C22H22FN3O2. The van der Waals surface area contributed by atoms with Gasteiger partial charge in [-0.15, -0.1) is 0 Å². The lowest BCUT2D eigenvalue weighted by molar-refractivity contribution is 0.0777. The molecule has 2 N–H and O–H groups in total. The molecule has 28 heavy (non-hydrogen) atoms. The molecule has 1 saturated heterocycles. The number of nitrogens with two attached hydrogens (primary N) is 1. The fourth-order valence-corrected chi connectivity index (χ4v) is 3.57. The Kier molecular flexibility index (Phi) is 4.73. The Balaban J connectivity index is 1.66. The first-order valence-electron chi connectivity index (χ1n) is 9.30. The maximum absolute atomic E-state index is 14.0. The third kappa shape index (κ3) is 3.31. The molecule has 1 atom stereocenters. The van der Waals surface area contributed by atoms with Gasteiger partial charge in [0.05, 0.1) is 17.3 Å². The van der Waals surface area contributed by atoms with Crippen LogP contribution < -0.4 is 5.73 Å². The molecule has 0 saturated carbocycles. The molecule has 6 heteroatoms. The van der Waals surface area contributed by atoms with Gasteiger partial charge in [-0.1, -0.05) is 31.2 Å². The van der Waals surface area contributed by atoms with E-state index in [9.17, 15) is 9.18 Å². The zero-order valence-electron chi connectivity index (χ0n) is 15.7. The molecule has 1 aromatic heterocycles. The highest BCUT2D eigenvalue weighted by Crippen LogP contribution is 2.33. The summed E-state index contributed by atoms with van der Waals surface area (Å²) in [5.74, 6) is 0.168. The number of halogens is 1. The molecule has 1 aliphatic heterocycles. The summed E-state index contributed by atoms with van der Waals surface area (Å²) in [4.78, 5) is 19.3. The maximum atomic E-state index is 14.0. The van der Waals surface area contributed by atoms with E-state index in [2.05, 4.69) is 11.9 Å². The first kappa shape index (κ1) is 18.4. The summed E-state index contributed by atoms with van der Waals surface area (Å²) in [6.45, 7) is 3.95. The molecule has 1 aliphatic rings. The summed E-state index contributed by atoms with van der Waals surface area (Å²) in [5, 5.41) is 0. The number of amides is 1. The number of oxazole rings is 1. The second-order valence-electron chi connectivity index (χ2n) is 7.55. The minimum Gasteiger partial charge on any atom is -0.436 e. The summed E-state index contributed by atoms with van der Waals surface area (Å²) in [6.07, 6.45) is 2.37. The lowest BCUT2D eigenvalue weighted by Crippen LogP contribution is -2.34. The average Bonchev–Trinajstić information content (AvgIpc) is 3.36. The lowest BCUT2D eigenvalue weighted by atomic mass is 9.90. The molecule has 2 aromatic carbocycles. The topological polar surface area (TPSA) is 72.4 Å².